The number of nitrogens with one attached hydrogen (secondary N) is 1. The fraction of sp³-hybridized carbons (Fsp3) is 0.412. The van der Waals surface area contributed by atoms with E-state index in [1.54, 1.807) is 18.1 Å². The van der Waals surface area contributed by atoms with Crippen molar-refractivity contribution >= 4 is 34.0 Å². The minimum absolute atomic E-state index is 0.0754. The summed E-state index contributed by atoms with van der Waals surface area (Å²) in [6, 6.07) is 7.26. The maximum absolute atomic E-state index is 12.5. The molecule has 25 heavy (non-hydrogen) atoms. The van der Waals surface area contributed by atoms with Gasteiger partial charge in [0.25, 0.3) is 0 Å². The fourth-order valence-corrected chi connectivity index (χ4v) is 3.39. The number of benzene rings is 1. The minimum Gasteiger partial charge on any atom is -0.497 e. The number of anilines is 2. The Labute approximate surface area is 150 Å². The van der Waals surface area contributed by atoms with Crippen molar-refractivity contribution in [2.24, 2.45) is 5.92 Å². The normalized spacial score (nSPS) is 17.2. The van der Waals surface area contributed by atoms with E-state index in [9.17, 15) is 9.59 Å². The lowest BCUT2D eigenvalue weighted by Crippen LogP contribution is -2.28. The first kappa shape index (κ1) is 17.3. The predicted molar refractivity (Wildman–Crippen MR) is 96.1 cm³/mol. The Morgan fingerprint density at radius 2 is 2.20 bits per heavy atom. The summed E-state index contributed by atoms with van der Waals surface area (Å²) in [4.78, 5) is 26.4. The molecule has 1 unspecified atom stereocenters. The highest BCUT2D eigenvalue weighted by atomic mass is 32.1. The molecule has 2 aromatic rings. The molecule has 1 aliphatic heterocycles. The van der Waals surface area contributed by atoms with Crippen LogP contribution in [0.3, 0.4) is 0 Å². The van der Waals surface area contributed by atoms with Crippen molar-refractivity contribution in [1.82, 2.24) is 10.2 Å². The molecule has 1 aromatic heterocycles. The van der Waals surface area contributed by atoms with Crippen molar-refractivity contribution in [3.8, 4) is 5.75 Å². The highest BCUT2D eigenvalue weighted by Crippen LogP contribution is 2.29. The molecule has 1 fully saturated rings. The van der Waals surface area contributed by atoms with Crippen LogP contribution >= 0.6 is 11.3 Å². The highest BCUT2D eigenvalue weighted by Gasteiger charge is 2.35. The van der Waals surface area contributed by atoms with E-state index >= 15 is 0 Å². The van der Waals surface area contributed by atoms with Crippen LogP contribution in [0.4, 0.5) is 10.8 Å². The standard InChI is InChI=1S/C17H20N4O3S/c1-10(2)16-19-20-17(25-16)18-15(23)11-7-14(22)21(9-11)12-5-4-6-13(8-12)24-3/h4-6,8,10-11H,7,9H2,1-3H3,(H,18,20,23). The molecular formula is C17H20N4O3S. The van der Waals surface area contributed by atoms with Crippen LogP contribution in [-0.2, 0) is 9.59 Å². The van der Waals surface area contributed by atoms with Crippen LogP contribution in [0.25, 0.3) is 0 Å². The van der Waals surface area contributed by atoms with Crippen molar-refractivity contribution in [2.75, 3.05) is 23.9 Å². The first-order valence-corrected chi connectivity index (χ1v) is 8.88. The molecule has 7 nitrogen and oxygen atoms in total. The molecule has 0 spiro atoms. The highest BCUT2D eigenvalue weighted by molar-refractivity contribution is 7.15. The number of amides is 2. The predicted octanol–water partition coefficient (Wildman–Crippen LogP) is 2.66. The van der Waals surface area contributed by atoms with Crippen LogP contribution in [0.2, 0.25) is 0 Å². The summed E-state index contributed by atoms with van der Waals surface area (Å²) < 4.78 is 5.19. The SMILES string of the molecule is COc1cccc(N2CC(C(=O)Nc3nnc(C(C)C)s3)CC2=O)c1. The van der Waals surface area contributed by atoms with E-state index in [2.05, 4.69) is 15.5 Å². The van der Waals surface area contributed by atoms with Gasteiger partial charge in [0, 0.05) is 30.6 Å². The summed E-state index contributed by atoms with van der Waals surface area (Å²) in [5.74, 6) is 0.247. The van der Waals surface area contributed by atoms with Gasteiger partial charge in [-0.05, 0) is 12.1 Å². The molecule has 1 atom stereocenters. The van der Waals surface area contributed by atoms with E-state index in [4.69, 9.17) is 4.74 Å². The molecule has 1 aromatic carbocycles. The van der Waals surface area contributed by atoms with E-state index in [-0.39, 0.29) is 24.2 Å². The molecule has 2 heterocycles. The number of nitrogens with zero attached hydrogens (tertiary/aromatic N) is 3. The van der Waals surface area contributed by atoms with Crippen LogP contribution in [0.1, 0.15) is 31.2 Å². The van der Waals surface area contributed by atoms with Gasteiger partial charge >= 0.3 is 0 Å². The lowest BCUT2D eigenvalue weighted by atomic mass is 10.1. The van der Waals surface area contributed by atoms with Crippen LogP contribution in [-0.4, -0.2) is 35.7 Å². The number of methoxy groups -OCH3 is 1. The van der Waals surface area contributed by atoms with Crippen molar-refractivity contribution in [3.05, 3.63) is 29.3 Å². The molecule has 2 amide bonds. The third-order valence-corrected chi connectivity index (χ3v) is 5.16. The lowest BCUT2D eigenvalue weighted by Gasteiger charge is -2.17. The Bertz CT molecular complexity index is 790. The van der Waals surface area contributed by atoms with Crippen molar-refractivity contribution in [3.63, 3.8) is 0 Å². The number of aromatic nitrogens is 2. The van der Waals surface area contributed by atoms with Gasteiger partial charge in [0.15, 0.2) is 0 Å². The Morgan fingerprint density at radius 1 is 1.40 bits per heavy atom. The zero-order chi connectivity index (χ0) is 18.0. The summed E-state index contributed by atoms with van der Waals surface area (Å²) in [5, 5.41) is 12.2. The van der Waals surface area contributed by atoms with Gasteiger partial charge < -0.3 is 15.0 Å². The average Bonchev–Trinajstić information content (AvgIpc) is 3.21. The summed E-state index contributed by atoms with van der Waals surface area (Å²) in [6.45, 7) is 4.38. The first-order valence-electron chi connectivity index (χ1n) is 8.06. The monoisotopic (exact) mass is 360 g/mol. The van der Waals surface area contributed by atoms with Gasteiger partial charge in [-0.3, -0.25) is 9.59 Å². The molecule has 132 valence electrons. The van der Waals surface area contributed by atoms with Crippen LogP contribution in [0.15, 0.2) is 24.3 Å². The largest absolute Gasteiger partial charge is 0.497 e. The van der Waals surface area contributed by atoms with Gasteiger partial charge in [0.1, 0.15) is 10.8 Å². The summed E-state index contributed by atoms with van der Waals surface area (Å²) in [5.41, 5.74) is 0.734. The summed E-state index contributed by atoms with van der Waals surface area (Å²) in [7, 11) is 1.58. The van der Waals surface area contributed by atoms with E-state index in [0.717, 1.165) is 10.7 Å². The van der Waals surface area contributed by atoms with Crippen LogP contribution in [0.5, 0.6) is 5.75 Å². The fourth-order valence-electron chi connectivity index (χ4n) is 2.64. The molecule has 3 rings (SSSR count). The van der Waals surface area contributed by atoms with Crippen molar-refractivity contribution in [2.45, 2.75) is 26.2 Å². The average molecular weight is 360 g/mol. The topological polar surface area (TPSA) is 84.4 Å². The van der Waals surface area contributed by atoms with Crippen LogP contribution in [0, 0.1) is 5.92 Å². The van der Waals surface area contributed by atoms with Gasteiger partial charge in [0.2, 0.25) is 16.9 Å². The summed E-state index contributed by atoms with van der Waals surface area (Å²) >= 11 is 1.36. The molecule has 0 bridgehead atoms. The van der Waals surface area contributed by atoms with Gasteiger partial charge in [-0.25, -0.2) is 0 Å². The van der Waals surface area contributed by atoms with Gasteiger partial charge in [-0.2, -0.15) is 0 Å². The second kappa shape index (κ2) is 7.18. The second-order valence-corrected chi connectivity index (χ2v) is 7.21. The molecule has 0 aliphatic carbocycles. The second-order valence-electron chi connectivity index (χ2n) is 6.20. The quantitative estimate of drug-likeness (QED) is 0.886. The number of hydrogen-bond donors (Lipinski definition) is 1. The summed E-state index contributed by atoms with van der Waals surface area (Å²) in [6.07, 6.45) is 0.179. The van der Waals surface area contributed by atoms with E-state index in [1.165, 1.54) is 11.3 Å². The maximum atomic E-state index is 12.5. The van der Waals surface area contributed by atoms with Gasteiger partial charge in [-0.15, -0.1) is 10.2 Å². The van der Waals surface area contributed by atoms with Crippen LogP contribution < -0.4 is 15.0 Å². The molecule has 8 heteroatoms. The third-order valence-electron chi connectivity index (χ3n) is 4.03. The third kappa shape index (κ3) is 3.79. The minimum atomic E-state index is -0.412. The smallest absolute Gasteiger partial charge is 0.231 e. The van der Waals surface area contributed by atoms with Crippen molar-refractivity contribution in [1.29, 1.82) is 0 Å². The molecule has 1 N–H and O–H groups in total. The van der Waals surface area contributed by atoms with E-state index < -0.39 is 5.92 Å². The Hall–Kier alpha value is -2.48. The number of carbonyl (C=O) groups is 2. The number of carbonyl (C=O) groups excluding carboxylic acids is 2. The van der Waals surface area contributed by atoms with Crippen molar-refractivity contribution < 1.29 is 14.3 Å². The van der Waals surface area contributed by atoms with E-state index in [0.29, 0.717) is 17.4 Å². The van der Waals surface area contributed by atoms with Gasteiger partial charge in [0.05, 0.1) is 13.0 Å². The molecule has 1 aliphatic rings. The molecule has 0 radical (unpaired) electrons. The van der Waals surface area contributed by atoms with E-state index in [1.807, 2.05) is 32.0 Å². The lowest BCUT2D eigenvalue weighted by molar-refractivity contribution is -0.122. The number of ether oxygens (including phenoxy) is 1. The number of rotatable bonds is 5. The first-order chi connectivity index (χ1) is 12.0. The Balaban J connectivity index is 1.67. The zero-order valence-corrected chi connectivity index (χ0v) is 15.2. The zero-order valence-electron chi connectivity index (χ0n) is 14.4. The molecular weight excluding hydrogens is 340 g/mol. The maximum Gasteiger partial charge on any atom is 0.231 e. The Morgan fingerprint density at radius 3 is 2.88 bits per heavy atom. The number of hydrogen-bond acceptors (Lipinski definition) is 6. The Kier molecular flexibility index (Phi) is 4.98. The molecule has 1 saturated heterocycles. The molecule has 0 saturated carbocycles. The van der Waals surface area contributed by atoms with Gasteiger partial charge in [-0.1, -0.05) is 31.3 Å².